The second-order valence-corrected chi connectivity index (χ2v) is 2.25. The molecule has 102 valence electrons. The third kappa shape index (κ3) is 2090. The Hall–Kier alpha value is 1.41. The monoisotopic (exact) mass is 580 g/mol. The zero-order valence-electron chi connectivity index (χ0n) is 7.22. The van der Waals surface area contributed by atoms with Gasteiger partial charge >= 0.3 is 80.8 Å². The van der Waals surface area contributed by atoms with Gasteiger partial charge < -0.3 is 58.6 Å². The summed E-state index contributed by atoms with van der Waals surface area (Å²) in [6.07, 6.45) is 0. The second kappa shape index (κ2) is 43.3. The van der Waals surface area contributed by atoms with Crippen LogP contribution in [0.5, 0.6) is 0 Å². The van der Waals surface area contributed by atoms with Gasteiger partial charge in [0.1, 0.15) is 0 Å². The SMILES string of the molecule is O=[Si]([O-])[O-].O=[Si]([O-])[O-].O=[Si]([O-])[O-].[O-2].[O-2].[O-2].[Sm+3].[Sm+3]. The van der Waals surface area contributed by atoms with Crippen molar-refractivity contribution in [3.63, 3.8) is 0 Å². The Kier molecular flexibility index (Phi) is 131. The molecule has 2 radical (unpaired) electrons. The van der Waals surface area contributed by atoms with Crippen molar-refractivity contribution in [1.29, 1.82) is 0 Å². The summed E-state index contributed by atoms with van der Waals surface area (Å²) < 4.78 is 25.6. The number of rotatable bonds is 0. The molecule has 0 bridgehead atoms. The van der Waals surface area contributed by atoms with Gasteiger partial charge in [0.05, 0.1) is 0 Å². The summed E-state index contributed by atoms with van der Waals surface area (Å²) in [4.78, 5) is 51.1. The molecule has 0 fully saturated rings. The number of hydrogen-bond donors (Lipinski definition) is 0. The van der Waals surface area contributed by atoms with Crippen LogP contribution in [0.15, 0.2) is 0 Å². The smallest absolute Gasteiger partial charge is 2.00 e. The Balaban J connectivity index is -0.0000000104. The van der Waals surface area contributed by atoms with Crippen LogP contribution in [0.2, 0.25) is 0 Å². The summed E-state index contributed by atoms with van der Waals surface area (Å²) in [5.41, 5.74) is 0. The van der Waals surface area contributed by atoms with E-state index >= 15 is 0 Å². The van der Waals surface area contributed by atoms with Crippen molar-refractivity contribution < 1.29 is 139 Å². The maximum absolute atomic E-state index is 8.52. The van der Waals surface area contributed by atoms with Gasteiger partial charge in [-0.15, -0.1) is 0 Å². The molecule has 0 amide bonds. The Labute approximate surface area is 164 Å². The molecule has 17 heteroatoms. The molecule has 0 aromatic rings. The van der Waals surface area contributed by atoms with Crippen molar-refractivity contribution in [2.45, 2.75) is 0 Å². The fourth-order valence-corrected chi connectivity index (χ4v) is 0. The standard InChI is InChI=1S/3O3Si.3O.2Sm/c3*1-4(2)3;;;;;/q6*-2;2*+3. The van der Waals surface area contributed by atoms with Gasteiger partial charge in [0.25, 0.3) is 0 Å². The van der Waals surface area contributed by atoms with E-state index in [9.17, 15) is 0 Å². The van der Waals surface area contributed by atoms with E-state index in [2.05, 4.69) is 0 Å². The number of hydrogen-bond acceptors (Lipinski definition) is 9. The maximum atomic E-state index is 8.52. The van der Waals surface area contributed by atoms with Gasteiger partial charge in [-0.1, -0.05) is 0 Å². The van der Waals surface area contributed by atoms with Crippen LogP contribution < -0.4 is 28.8 Å². The first-order chi connectivity index (χ1) is 5.20. The van der Waals surface area contributed by atoms with E-state index in [0.29, 0.717) is 0 Å². The summed E-state index contributed by atoms with van der Waals surface area (Å²) in [7, 11) is -10.9. The topological polar surface area (TPSA) is 275 Å². The molecule has 0 aliphatic carbocycles. The minimum absolute atomic E-state index is 0. The fraction of sp³-hybridized carbons (Fsp3) is 0. The summed E-state index contributed by atoms with van der Waals surface area (Å²) in [5.74, 6) is 0. The molecule has 0 aromatic carbocycles. The summed E-state index contributed by atoms with van der Waals surface area (Å²) in [5, 5.41) is 0. The van der Waals surface area contributed by atoms with E-state index < -0.39 is 27.5 Å². The minimum atomic E-state index is -3.63. The van der Waals surface area contributed by atoms with E-state index in [1.807, 2.05) is 0 Å². The average Bonchev–Trinajstić information content (AvgIpc) is 1.54. The van der Waals surface area contributed by atoms with Crippen LogP contribution in [0, 0.1) is 80.8 Å². The van der Waals surface area contributed by atoms with Crippen LogP contribution in [0.1, 0.15) is 0 Å². The van der Waals surface area contributed by atoms with Gasteiger partial charge in [0, 0.05) is 27.5 Å². The normalized spacial score (nSPS) is 4.24. The van der Waals surface area contributed by atoms with Crippen LogP contribution >= 0.6 is 0 Å². The minimum Gasteiger partial charge on any atom is -2.00 e. The molecule has 0 heterocycles. The van der Waals surface area contributed by atoms with Gasteiger partial charge in [-0.2, -0.15) is 0 Å². The van der Waals surface area contributed by atoms with E-state index in [0.717, 1.165) is 0 Å². The van der Waals surface area contributed by atoms with Gasteiger partial charge in [-0.3, -0.25) is 0 Å². The molecule has 17 heavy (non-hydrogen) atoms. The Morgan fingerprint density at radius 3 is 0.471 bits per heavy atom. The maximum Gasteiger partial charge on any atom is 3.00 e. The predicted molar refractivity (Wildman–Crippen MR) is 21.4 cm³/mol. The van der Waals surface area contributed by atoms with Crippen molar-refractivity contribution in [2.24, 2.45) is 0 Å². The van der Waals surface area contributed by atoms with Crippen molar-refractivity contribution in [3.8, 4) is 0 Å². The molecule has 12 nitrogen and oxygen atoms in total. The summed E-state index contributed by atoms with van der Waals surface area (Å²) in [6, 6.07) is 0. The van der Waals surface area contributed by atoms with E-state index in [1.54, 1.807) is 0 Å². The molecule has 0 saturated heterocycles. The van der Waals surface area contributed by atoms with Gasteiger partial charge in [0.2, 0.25) is 0 Å². The Morgan fingerprint density at radius 2 is 0.471 bits per heavy atom. The van der Waals surface area contributed by atoms with Gasteiger partial charge in [-0.05, 0) is 0 Å². The zero-order valence-corrected chi connectivity index (χ0v) is 15.5. The molecular formula is O12Si3Sm2-6. The largest absolute Gasteiger partial charge is 3.00 e. The molecule has 0 saturated carbocycles. The van der Waals surface area contributed by atoms with Crippen LogP contribution in [0.3, 0.4) is 0 Å². The van der Waals surface area contributed by atoms with E-state index in [-0.39, 0.29) is 97.2 Å². The average molecular weight is 577 g/mol. The molecule has 0 unspecified atom stereocenters. The molecule has 0 N–H and O–H groups in total. The van der Waals surface area contributed by atoms with E-state index in [4.69, 9.17) is 42.2 Å². The van der Waals surface area contributed by atoms with Crippen molar-refractivity contribution in [3.05, 3.63) is 0 Å². The van der Waals surface area contributed by atoms with Crippen LogP contribution in [0.25, 0.3) is 0 Å². The first-order valence-electron chi connectivity index (χ1n) is 1.84. The first-order valence-corrected chi connectivity index (χ1v) is 5.51. The van der Waals surface area contributed by atoms with Crippen LogP contribution in [-0.4, -0.2) is 27.5 Å². The second-order valence-electron chi connectivity index (χ2n) is 0.750. The Morgan fingerprint density at radius 1 is 0.471 bits per heavy atom. The third-order valence-corrected chi connectivity index (χ3v) is 0. The van der Waals surface area contributed by atoms with Crippen molar-refractivity contribution in [2.75, 3.05) is 0 Å². The quantitative estimate of drug-likeness (QED) is 0.247. The molecular weight excluding hydrogens is 577 g/mol. The molecule has 0 aliphatic heterocycles. The van der Waals surface area contributed by atoms with Crippen molar-refractivity contribution in [1.82, 2.24) is 0 Å². The predicted octanol–water partition coefficient (Wildman–Crippen LogP) is -8.99. The molecule has 0 rings (SSSR count). The van der Waals surface area contributed by atoms with Gasteiger partial charge in [0.15, 0.2) is 0 Å². The molecule has 0 spiro atoms. The summed E-state index contributed by atoms with van der Waals surface area (Å²) in [6.45, 7) is 0. The van der Waals surface area contributed by atoms with Crippen LogP contribution in [-0.2, 0) is 29.8 Å². The molecule has 0 aromatic heterocycles. The first kappa shape index (κ1) is 51.5. The third-order valence-electron chi connectivity index (χ3n) is 0. The van der Waals surface area contributed by atoms with E-state index in [1.165, 1.54) is 0 Å². The van der Waals surface area contributed by atoms with Gasteiger partial charge in [-0.25, -0.2) is 0 Å². The zero-order chi connectivity index (χ0) is 10.7. The molecule has 0 atom stereocenters. The van der Waals surface area contributed by atoms with Crippen molar-refractivity contribution >= 4 is 27.5 Å². The molecule has 0 aliphatic rings. The fourth-order valence-electron chi connectivity index (χ4n) is 0. The van der Waals surface area contributed by atoms with Crippen LogP contribution in [0.4, 0.5) is 0 Å². The summed E-state index contributed by atoms with van der Waals surface area (Å²) >= 11 is 0. The Bertz CT molecular complexity index is 117.